The highest BCUT2D eigenvalue weighted by molar-refractivity contribution is 5.91. The molecule has 3 aliphatic heterocycles. The third-order valence-electron chi connectivity index (χ3n) is 9.71. The summed E-state index contributed by atoms with van der Waals surface area (Å²) in [6, 6.07) is 15.9. The largest absolute Gasteiger partial charge is 0.493 e. The predicted octanol–water partition coefficient (Wildman–Crippen LogP) is 4.58. The van der Waals surface area contributed by atoms with Crippen molar-refractivity contribution in [2.75, 3.05) is 60.9 Å². The van der Waals surface area contributed by atoms with Gasteiger partial charge in [0.05, 0.1) is 33.9 Å². The maximum Gasteiger partial charge on any atom is 0.310 e. The minimum atomic E-state index is -0.446. The van der Waals surface area contributed by atoms with Gasteiger partial charge in [-0.1, -0.05) is 29.8 Å². The number of benzene rings is 3. The fourth-order valence-corrected chi connectivity index (χ4v) is 7.45. The number of hydrogen-bond acceptors (Lipinski definition) is 9. The van der Waals surface area contributed by atoms with E-state index in [1.54, 1.807) is 27.4 Å². The summed E-state index contributed by atoms with van der Waals surface area (Å²) in [5.41, 5.74) is 5.08. The van der Waals surface area contributed by atoms with E-state index in [0.29, 0.717) is 61.5 Å². The Morgan fingerprint density at radius 1 is 0.848 bits per heavy atom. The Morgan fingerprint density at radius 3 is 2.13 bits per heavy atom. The van der Waals surface area contributed by atoms with Crippen molar-refractivity contribution in [3.63, 3.8) is 0 Å². The molecule has 10 nitrogen and oxygen atoms in total. The van der Waals surface area contributed by atoms with E-state index in [9.17, 15) is 9.59 Å². The van der Waals surface area contributed by atoms with E-state index < -0.39 is 5.92 Å². The Bertz CT molecular complexity index is 1650. The molecule has 0 N–H and O–H groups in total. The van der Waals surface area contributed by atoms with Crippen LogP contribution in [0.3, 0.4) is 0 Å². The highest BCUT2D eigenvalue weighted by Gasteiger charge is 2.54. The molecule has 0 unspecified atom stereocenters. The Kier molecular flexibility index (Phi) is 7.98. The number of aryl methyl sites for hydroxylation is 1. The summed E-state index contributed by atoms with van der Waals surface area (Å²) in [6.07, 6.45) is 3.52. The molecule has 10 heteroatoms. The number of ether oxygens (including phenoxy) is 6. The number of nitrogens with zero attached hydrogens (tertiary/aromatic N) is 2. The molecular formula is C36H38N2O8. The lowest BCUT2D eigenvalue weighted by atomic mass is 9.64. The fraction of sp³-hybridized carbons (Fsp3) is 0.389. The van der Waals surface area contributed by atoms with Gasteiger partial charge in [0, 0.05) is 50.1 Å². The van der Waals surface area contributed by atoms with Gasteiger partial charge < -0.3 is 33.3 Å². The van der Waals surface area contributed by atoms with Gasteiger partial charge in [0.25, 0.3) is 0 Å². The van der Waals surface area contributed by atoms with Crippen LogP contribution in [0.1, 0.15) is 39.8 Å². The van der Waals surface area contributed by atoms with Crippen LogP contribution >= 0.6 is 0 Å². The van der Waals surface area contributed by atoms with Crippen LogP contribution in [-0.2, 0) is 14.3 Å². The van der Waals surface area contributed by atoms with Crippen LogP contribution in [0.25, 0.3) is 6.08 Å². The van der Waals surface area contributed by atoms with Crippen molar-refractivity contribution >= 4 is 18.0 Å². The number of hydrogen-bond donors (Lipinski definition) is 0. The minimum Gasteiger partial charge on any atom is -0.493 e. The molecule has 0 saturated carbocycles. The van der Waals surface area contributed by atoms with E-state index in [4.69, 9.17) is 28.4 Å². The second-order valence-electron chi connectivity index (χ2n) is 12.1. The summed E-state index contributed by atoms with van der Waals surface area (Å²) in [5.74, 6) is 1.71. The molecule has 0 aromatic heterocycles. The number of amides is 1. The van der Waals surface area contributed by atoms with Crippen LogP contribution < -0.4 is 23.7 Å². The standard InChI is InChI=1S/C36H38N2O8/c1-21-5-7-22(8-6-21)9-10-31(39)37-11-13-38(14-12-37)34-25-18-28-27(45-20-46-28)17-24(25)32(33-26(34)19-44-36(33)40)23-15-29(41-2)35(43-4)30(16-23)42-3/h5-10,15-18,26,32-34H,11-14,19-20H2,1-4H3/b10-9+/t26-,32+,33-,34-/m0/s1. The molecule has 2 fully saturated rings. The first-order valence-electron chi connectivity index (χ1n) is 15.6. The average molecular weight is 627 g/mol. The Labute approximate surface area is 268 Å². The number of piperazine rings is 1. The molecule has 1 amide bonds. The number of fused-ring (bicyclic) bond motifs is 3. The zero-order chi connectivity index (χ0) is 31.9. The van der Waals surface area contributed by atoms with Gasteiger partial charge in [-0.15, -0.1) is 0 Å². The predicted molar refractivity (Wildman–Crippen MR) is 170 cm³/mol. The second-order valence-corrected chi connectivity index (χ2v) is 12.1. The summed E-state index contributed by atoms with van der Waals surface area (Å²) in [6.45, 7) is 4.97. The highest BCUT2D eigenvalue weighted by Crippen LogP contribution is 2.57. The van der Waals surface area contributed by atoms with Crippen molar-refractivity contribution in [2.24, 2.45) is 11.8 Å². The molecule has 4 aliphatic rings. The zero-order valence-electron chi connectivity index (χ0n) is 26.5. The van der Waals surface area contributed by atoms with Crippen molar-refractivity contribution in [1.82, 2.24) is 9.80 Å². The van der Waals surface area contributed by atoms with Crippen LogP contribution in [-0.4, -0.2) is 82.6 Å². The molecule has 3 heterocycles. The zero-order valence-corrected chi connectivity index (χ0v) is 26.5. The summed E-state index contributed by atoms with van der Waals surface area (Å²) < 4.78 is 34.4. The Hall–Kier alpha value is -4.70. The molecule has 46 heavy (non-hydrogen) atoms. The van der Waals surface area contributed by atoms with Crippen molar-refractivity contribution in [3.8, 4) is 28.7 Å². The molecule has 4 atom stereocenters. The molecule has 3 aromatic carbocycles. The number of esters is 1. The van der Waals surface area contributed by atoms with Gasteiger partial charge in [-0.2, -0.15) is 0 Å². The van der Waals surface area contributed by atoms with Crippen LogP contribution in [0.4, 0.5) is 0 Å². The van der Waals surface area contributed by atoms with Crippen molar-refractivity contribution in [1.29, 1.82) is 0 Å². The minimum absolute atomic E-state index is 0.00708. The monoisotopic (exact) mass is 626 g/mol. The number of cyclic esters (lactones) is 1. The molecule has 3 aromatic rings. The lowest BCUT2D eigenvalue weighted by Crippen LogP contribution is -2.52. The summed E-state index contributed by atoms with van der Waals surface area (Å²) in [7, 11) is 4.73. The summed E-state index contributed by atoms with van der Waals surface area (Å²) >= 11 is 0. The molecule has 240 valence electrons. The van der Waals surface area contributed by atoms with Crippen LogP contribution in [0, 0.1) is 18.8 Å². The van der Waals surface area contributed by atoms with Crippen LogP contribution in [0.15, 0.2) is 54.6 Å². The second kappa shape index (κ2) is 12.2. The Morgan fingerprint density at radius 2 is 1.50 bits per heavy atom. The molecular weight excluding hydrogens is 588 g/mol. The van der Waals surface area contributed by atoms with Crippen molar-refractivity contribution in [2.45, 2.75) is 18.9 Å². The average Bonchev–Trinajstić information content (AvgIpc) is 3.71. The normalized spacial score (nSPS) is 23.6. The van der Waals surface area contributed by atoms with E-state index in [0.717, 1.165) is 22.3 Å². The number of carbonyl (C=O) groups is 2. The number of rotatable bonds is 7. The van der Waals surface area contributed by atoms with Crippen LogP contribution in [0.2, 0.25) is 0 Å². The third-order valence-corrected chi connectivity index (χ3v) is 9.71. The van der Waals surface area contributed by atoms with Gasteiger partial charge in [0.2, 0.25) is 18.4 Å². The maximum atomic E-state index is 13.6. The quantitative estimate of drug-likeness (QED) is 0.276. The third kappa shape index (κ3) is 5.20. The van der Waals surface area contributed by atoms with E-state index in [1.165, 1.54) is 5.56 Å². The molecule has 0 spiro atoms. The first-order chi connectivity index (χ1) is 22.4. The highest BCUT2D eigenvalue weighted by atomic mass is 16.7. The van der Waals surface area contributed by atoms with Crippen molar-refractivity contribution in [3.05, 3.63) is 82.4 Å². The first-order valence-corrected chi connectivity index (χ1v) is 15.6. The summed E-state index contributed by atoms with van der Waals surface area (Å²) in [5, 5.41) is 0. The van der Waals surface area contributed by atoms with Gasteiger partial charge in [-0.3, -0.25) is 14.5 Å². The number of carbonyl (C=O) groups excluding carboxylic acids is 2. The van der Waals surface area contributed by atoms with Gasteiger partial charge in [0.1, 0.15) is 0 Å². The lowest BCUT2D eigenvalue weighted by Gasteiger charge is -2.46. The number of methoxy groups -OCH3 is 3. The van der Waals surface area contributed by atoms with E-state index in [2.05, 4.69) is 11.0 Å². The Balaban J connectivity index is 1.22. The first kappa shape index (κ1) is 30.0. The molecule has 7 rings (SSSR count). The van der Waals surface area contributed by atoms with Crippen LogP contribution in [0.5, 0.6) is 28.7 Å². The topological polar surface area (TPSA) is 96.0 Å². The van der Waals surface area contributed by atoms with Gasteiger partial charge in [-0.25, -0.2) is 0 Å². The molecule has 0 bridgehead atoms. The summed E-state index contributed by atoms with van der Waals surface area (Å²) in [4.78, 5) is 31.0. The van der Waals surface area contributed by atoms with Gasteiger partial charge >= 0.3 is 5.97 Å². The molecule has 0 radical (unpaired) electrons. The van der Waals surface area contributed by atoms with E-state index in [-0.39, 0.29) is 36.5 Å². The SMILES string of the molecule is COc1cc([C@@H]2c3cc4c(cc3[C@H](N3CCN(C(=O)/C=C/c5ccc(C)cc5)CC3)[C@H]3COC(=O)[C@H]23)OCO4)cc(OC)c1OC. The molecule has 1 aliphatic carbocycles. The van der Waals surface area contributed by atoms with E-state index >= 15 is 0 Å². The van der Waals surface area contributed by atoms with E-state index in [1.807, 2.05) is 60.4 Å². The van der Waals surface area contributed by atoms with Gasteiger partial charge in [0.15, 0.2) is 23.0 Å². The molecule has 2 saturated heterocycles. The van der Waals surface area contributed by atoms with Crippen molar-refractivity contribution < 1.29 is 38.0 Å². The maximum absolute atomic E-state index is 13.6. The lowest BCUT2D eigenvalue weighted by molar-refractivity contribution is -0.141. The fourth-order valence-electron chi connectivity index (χ4n) is 7.45. The van der Waals surface area contributed by atoms with Gasteiger partial charge in [-0.05, 0) is 59.5 Å². The smallest absolute Gasteiger partial charge is 0.310 e.